The zero-order chi connectivity index (χ0) is 13.5. The minimum atomic E-state index is -0.607. The second-order valence-electron chi connectivity index (χ2n) is 4.37. The Morgan fingerprint density at radius 2 is 2.17 bits per heavy atom. The zero-order valence-corrected chi connectivity index (χ0v) is 10.6. The van der Waals surface area contributed by atoms with Gasteiger partial charge in [0.25, 0.3) is 0 Å². The predicted molar refractivity (Wildman–Crippen MR) is 65.2 cm³/mol. The highest BCUT2D eigenvalue weighted by molar-refractivity contribution is 6.01. The smallest absolute Gasteiger partial charge is 0.233 e. The summed E-state index contributed by atoms with van der Waals surface area (Å²) in [4.78, 5) is 13.7. The zero-order valence-electron chi connectivity index (χ0n) is 10.6. The highest BCUT2D eigenvalue weighted by Crippen LogP contribution is 2.16. The number of piperidine rings is 1. The first-order valence-electron chi connectivity index (χ1n) is 6.08. The molecule has 0 aliphatic carbocycles. The Hall–Kier alpha value is -1.34. The first-order chi connectivity index (χ1) is 8.60. The Bertz CT molecular complexity index is 301. The predicted octanol–water partition coefficient (Wildman–Crippen LogP) is -0.631. The molecule has 1 amide bonds. The van der Waals surface area contributed by atoms with Gasteiger partial charge in [-0.2, -0.15) is 0 Å². The highest BCUT2D eigenvalue weighted by Gasteiger charge is 2.28. The van der Waals surface area contributed by atoms with Crippen molar-refractivity contribution in [2.45, 2.75) is 25.9 Å². The maximum Gasteiger partial charge on any atom is 0.233 e. The Kier molecular flexibility index (Phi) is 5.87. The van der Waals surface area contributed by atoms with Crippen LogP contribution in [0.2, 0.25) is 0 Å². The monoisotopic (exact) mass is 259 g/mol. The van der Waals surface area contributed by atoms with Crippen LogP contribution < -0.4 is 5.73 Å². The number of aliphatic hydroxyl groups is 1. The lowest BCUT2D eigenvalue weighted by Gasteiger charge is -2.33. The van der Waals surface area contributed by atoms with Gasteiger partial charge < -0.3 is 25.7 Å². The molecule has 7 nitrogen and oxygen atoms in total. The normalized spacial score (nSPS) is 19.9. The number of hydrogen-bond donors (Lipinski definition) is 3. The quantitative estimate of drug-likeness (QED) is 0.263. The fourth-order valence-corrected chi connectivity index (χ4v) is 1.95. The van der Waals surface area contributed by atoms with Gasteiger partial charge in [0.1, 0.15) is 0 Å². The summed E-state index contributed by atoms with van der Waals surface area (Å²) in [5.74, 6) is -0.811. The summed E-state index contributed by atoms with van der Waals surface area (Å²) in [7, 11) is 0. The molecule has 0 aromatic rings. The van der Waals surface area contributed by atoms with Gasteiger partial charge in [-0.15, -0.1) is 0 Å². The maximum atomic E-state index is 12.0. The lowest BCUT2D eigenvalue weighted by molar-refractivity contribution is -0.135. The van der Waals surface area contributed by atoms with Gasteiger partial charge in [0.05, 0.1) is 25.2 Å². The number of hydrogen-bond acceptors (Lipinski definition) is 5. The van der Waals surface area contributed by atoms with E-state index in [1.807, 2.05) is 0 Å². The van der Waals surface area contributed by atoms with Gasteiger partial charge in [-0.05, 0) is 19.8 Å². The molecule has 1 aliphatic rings. The molecule has 1 saturated heterocycles. The van der Waals surface area contributed by atoms with Crippen molar-refractivity contribution in [2.24, 2.45) is 16.8 Å². The molecule has 0 radical (unpaired) electrons. The van der Waals surface area contributed by atoms with Gasteiger partial charge in [0.15, 0.2) is 5.84 Å². The summed E-state index contributed by atoms with van der Waals surface area (Å²) in [5.41, 5.74) is 5.42. The van der Waals surface area contributed by atoms with Crippen LogP contribution in [0.3, 0.4) is 0 Å². The molecule has 18 heavy (non-hydrogen) atoms. The van der Waals surface area contributed by atoms with Gasteiger partial charge >= 0.3 is 0 Å². The standard InChI is InChI=1S/C11H21N3O4/c1-8(10(12)13-17)11(16)14-4-2-9(3-5-14)18-7-6-15/h8-9,15,17H,2-7H2,1H3,(H2,12,13). The molecule has 1 rings (SSSR count). The molecule has 1 unspecified atom stereocenters. The van der Waals surface area contributed by atoms with Crippen LogP contribution in [0, 0.1) is 5.92 Å². The lowest BCUT2D eigenvalue weighted by atomic mass is 10.0. The summed E-state index contributed by atoms with van der Waals surface area (Å²) in [6, 6.07) is 0. The molecule has 0 bridgehead atoms. The molecular formula is C11H21N3O4. The minimum Gasteiger partial charge on any atom is -0.409 e. The van der Waals surface area contributed by atoms with E-state index in [2.05, 4.69) is 5.16 Å². The number of rotatable bonds is 5. The number of aliphatic hydroxyl groups excluding tert-OH is 1. The lowest BCUT2D eigenvalue weighted by Crippen LogP contribution is -2.46. The van der Waals surface area contributed by atoms with Crippen molar-refractivity contribution in [3.63, 3.8) is 0 Å². The van der Waals surface area contributed by atoms with Crippen molar-refractivity contribution in [2.75, 3.05) is 26.3 Å². The van der Waals surface area contributed by atoms with Crippen LogP contribution >= 0.6 is 0 Å². The summed E-state index contributed by atoms with van der Waals surface area (Å²) in [6.07, 6.45) is 1.59. The van der Waals surface area contributed by atoms with E-state index in [0.29, 0.717) is 19.7 Å². The fraction of sp³-hybridized carbons (Fsp3) is 0.818. The van der Waals surface area contributed by atoms with E-state index in [1.165, 1.54) is 0 Å². The molecular weight excluding hydrogens is 238 g/mol. The molecule has 0 aromatic carbocycles. The van der Waals surface area contributed by atoms with Gasteiger partial charge in [-0.1, -0.05) is 5.16 Å². The van der Waals surface area contributed by atoms with Crippen LogP contribution in [-0.4, -0.2) is 59.4 Å². The number of amidine groups is 1. The summed E-state index contributed by atoms with van der Waals surface area (Å²) < 4.78 is 5.41. The summed E-state index contributed by atoms with van der Waals surface area (Å²) >= 11 is 0. The number of carbonyl (C=O) groups excluding carboxylic acids is 1. The van der Waals surface area contributed by atoms with E-state index >= 15 is 0 Å². The van der Waals surface area contributed by atoms with Gasteiger partial charge in [-0.3, -0.25) is 4.79 Å². The number of nitrogens with zero attached hydrogens (tertiary/aromatic N) is 2. The summed E-state index contributed by atoms with van der Waals surface area (Å²) in [5, 5.41) is 20.1. The van der Waals surface area contributed by atoms with E-state index in [0.717, 1.165) is 12.8 Å². The van der Waals surface area contributed by atoms with Crippen LogP contribution in [0.4, 0.5) is 0 Å². The molecule has 1 fully saturated rings. The van der Waals surface area contributed by atoms with Crippen molar-refractivity contribution >= 4 is 11.7 Å². The number of carbonyl (C=O) groups is 1. The Balaban J connectivity index is 2.40. The molecule has 0 aromatic heterocycles. The Labute approximate surface area is 106 Å². The van der Waals surface area contributed by atoms with Crippen molar-refractivity contribution in [3.8, 4) is 0 Å². The van der Waals surface area contributed by atoms with Gasteiger partial charge in [-0.25, -0.2) is 0 Å². The van der Waals surface area contributed by atoms with Crippen molar-refractivity contribution < 1.29 is 19.8 Å². The Morgan fingerprint density at radius 3 is 2.67 bits per heavy atom. The topological polar surface area (TPSA) is 108 Å². The summed E-state index contributed by atoms with van der Waals surface area (Å²) in [6.45, 7) is 3.15. The number of ether oxygens (including phenoxy) is 1. The largest absolute Gasteiger partial charge is 0.409 e. The third-order valence-corrected chi connectivity index (χ3v) is 3.13. The molecule has 0 saturated carbocycles. The van der Waals surface area contributed by atoms with Crippen molar-refractivity contribution in [1.82, 2.24) is 4.90 Å². The first-order valence-corrected chi connectivity index (χ1v) is 6.08. The average molecular weight is 259 g/mol. The Morgan fingerprint density at radius 1 is 1.56 bits per heavy atom. The van der Waals surface area contributed by atoms with Crippen molar-refractivity contribution in [3.05, 3.63) is 0 Å². The molecule has 7 heteroatoms. The molecule has 1 aliphatic heterocycles. The van der Waals surface area contributed by atoms with Crippen LogP contribution in [0.5, 0.6) is 0 Å². The van der Waals surface area contributed by atoms with Crippen LogP contribution in [-0.2, 0) is 9.53 Å². The van der Waals surface area contributed by atoms with Gasteiger partial charge in [0, 0.05) is 13.1 Å². The minimum absolute atomic E-state index is 0.0136. The second-order valence-corrected chi connectivity index (χ2v) is 4.37. The van der Waals surface area contributed by atoms with Crippen LogP contribution in [0.25, 0.3) is 0 Å². The number of likely N-dealkylation sites (tertiary alicyclic amines) is 1. The number of nitrogens with two attached hydrogens (primary N) is 1. The molecule has 4 N–H and O–H groups in total. The first kappa shape index (κ1) is 14.7. The average Bonchev–Trinajstić information content (AvgIpc) is 2.43. The van der Waals surface area contributed by atoms with E-state index in [4.69, 9.17) is 20.8 Å². The van der Waals surface area contributed by atoms with E-state index in [1.54, 1.807) is 11.8 Å². The molecule has 0 spiro atoms. The van der Waals surface area contributed by atoms with Crippen LogP contribution in [0.1, 0.15) is 19.8 Å². The van der Waals surface area contributed by atoms with E-state index < -0.39 is 5.92 Å². The number of amides is 1. The molecule has 104 valence electrons. The van der Waals surface area contributed by atoms with Crippen molar-refractivity contribution in [1.29, 1.82) is 0 Å². The van der Waals surface area contributed by atoms with E-state index in [-0.39, 0.29) is 24.5 Å². The highest BCUT2D eigenvalue weighted by atomic mass is 16.5. The van der Waals surface area contributed by atoms with Gasteiger partial charge in [0.2, 0.25) is 5.91 Å². The molecule has 1 atom stereocenters. The second kappa shape index (κ2) is 7.17. The van der Waals surface area contributed by atoms with E-state index in [9.17, 15) is 4.79 Å². The third-order valence-electron chi connectivity index (χ3n) is 3.13. The molecule has 1 heterocycles. The maximum absolute atomic E-state index is 12.0. The number of oxime groups is 1. The van der Waals surface area contributed by atoms with Crippen LogP contribution in [0.15, 0.2) is 5.16 Å². The third kappa shape index (κ3) is 3.85. The SMILES string of the molecule is CC(C(=O)N1CCC(OCCO)CC1)C(N)=NO. The fourth-order valence-electron chi connectivity index (χ4n) is 1.95.